The van der Waals surface area contributed by atoms with Gasteiger partial charge in [-0.15, -0.1) is 0 Å². The zero-order chi connectivity index (χ0) is 15.1. The summed E-state index contributed by atoms with van der Waals surface area (Å²) in [6.45, 7) is 1.84. The van der Waals surface area contributed by atoms with Crippen molar-refractivity contribution < 1.29 is 0 Å². The van der Waals surface area contributed by atoms with Gasteiger partial charge in [0.25, 0.3) is 0 Å². The van der Waals surface area contributed by atoms with Gasteiger partial charge in [0.15, 0.2) is 5.82 Å². The highest BCUT2D eigenvalue weighted by molar-refractivity contribution is 5.73. The predicted octanol–water partition coefficient (Wildman–Crippen LogP) is 2.10. The molecule has 1 aromatic heterocycles. The van der Waals surface area contributed by atoms with Crippen LogP contribution in [-0.2, 0) is 0 Å². The molecule has 6 nitrogen and oxygen atoms in total. The minimum atomic E-state index is 0.149. The monoisotopic (exact) mass is 278 g/mol. The number of nitrogens with two attached hydrogens (primary N) is 1. The van der Waals surface area contributed by atoms with Gasteiger partial charge in [0.2, 0.25) is 11.9 Å². The van der Waals surface area contributed by atoms with E-state index >= 15 is 0 Å². The third-order valence-corrected chi connectivity index (χ3v) is 2.47. The molecule has 0 spiro atoms. The largest absolute Gasteiger partial charge is 0.368 e. The van der Waals surface area contributed by atoms with Crippen LogP contribution in [0.15, 0.2) is 47.1 Å². The fraction of sp³-hybridized carbons (Fsp3) is 0.0667. The maximum Gasteiger partial charge on any atom is 0.232 e. The van der Waals surface area contributed by atoms with Crippen molar-refractivity contribution in [3.8, 4) is 23.9 Å². The highest BCUT2D eigenvalue weighted by atomic mass is 15.2. The Bertz CT molecular complexity index is 713. The second kappa shape index (κ2) is 6.82. The number of terminal acetylenes is 1. The number of nitrogens with one attached hydrogen (secondary N) is 1. The molecule has 0 saturated heterocycles. The van der Waals surface area contributed by atoms with Gasteiger partial charge < -0.3 is 11.1 Å². The average Bonchev–Trinajstić information content (AvgIpc) is 2.48. The van der Waals surface area contributed by atoms with E-state index in [2.05, 4.69) is 31.3 Å². The summed E-state index contributed by atoms with van der Waals surface area (Å²) < 4.78 is 0. The van der Waals surface area contributed by atoms with Crippen molar-refractivity contribution >= 4 is 18.1 Å². The van der Waals surface area contributed by atoms with Crippen LogP contribution in [0.25, 0.3) is 11.4 Å². The lowest BCUT2D eigenvalue weighted by Gasteiger charge is -2.07. The molecule has 1 aromatic carbocycles. The van der Waals surface area contributed by atoms with Crippen molar-refractivity contribution in [3.05, 3.63) is 42.1 Å². The van der Waals surface area contributed by atoms with Crippen LogP contribution in [0, 0.1) is 12.5 Å². The van der Waals surface area contributed by atoms with Crippen molar-refractivity contribution in [3.63, 3.8) is 0 Å². The number of hydrogen-bond acceptors (Lipinski definition) is 6. The van der Waals surface area contributed by atoms with Gasteiger partial charge in [0, 0.05) is 23.5 Å². The molecule has 1 heterocycles. The Labute approximate surface area is 122 Å². The third kappa shape index (κ3) is 4.14. The number of aromatic nitrogens is 3. The molecule has 0 aliphatic rings. The maximum atomic E-state index is 5.72. The first kappa shape index (κ1) is 14.2. The molecule has 0 saturated carbocycles. The van der Waals surface area contributed by atoms with E-state index in [1.165, 1.54) is 6.21 Å². The minimum absolute atomic E-state index is 0.149. The smallest absolute Gasteiger partial charge is 0.232 e. The van der Waals surface area contributed by atoms with Crippen LogP contribution in [-0.4, -0.2) is 21.2 Å². The Morgan fingerprint density at radius 3 is 2.76 bits per heavy atom. The van der Waals surface area contributed by atoms with Crippen LogP contribution in [0.3, 0.4) is 0 Å². The number of nitrogens with zero attached hydrogens (tertiary/aromatic N) is 4. The van der Waals surface area contributed by atoms with Gasteiger partial charge in [-0.25, -0.2) is 4.99 Å². The van der Waals surface area contributed by atoms with Crippen molar-refractivity contribution in [1.82, 2.24) is 15.0 Å². The molecule has 0 amide bonds. The van der Waals surface area contributed by atoms with Gasteiger partial charge in [-0.2, -0.15) is 15.0 Å². The number of hydrogen-bond donors (Lipinski definition) is 2. The Kier molecular flexibility index (Phi) is 4.62. The molecule has 0 atom stereocenters. The van der Waals surface area contributed by atoms with E-state index in [1.54, 1.807) is 6.08 Å². The van der Waals surface area contributed by atoms with Crippen LogP contribution in [0.1, 0.15) is 6.92 Å². The molecule has 0 aliphatic heterocycles. The fourth-order valence-electron chi connectivity index (χ4n) is 1.57. The molecule has 3 N–H and O–H groups in total. The van der Waals surface area contributed by atoms with E-state index in [1.807, 2.05) is 37.3 Å². The second-order valence-corrected chi connectivity index (χ2v) is 4.09. The number of allylic oxidation sites excluding steroid dienone is 2. The number of benzene rings is 1. The summed E-state index contributed by atoms with van der Waals surface area (Å²) in [5, 5.41) is 3.01. The van der Waals surface area contributed by atoms with E-state index in [9.17, 15) is 0 Å². The van der Waals surface area contributed by atoms with Gasteiger partial charge >= 0.3 is 0 Å². The van der Waals surface area contributed by atoms with Crippen LogP contribution < -0.4 is 11.1 Å². The first-order chi connectivity index (χ1) is 10.2. The summed E-state index contributed by atoms with van der Waals surface area (Å²) in [4.78, 5) is 16.2. The normalized spacial score (nSPS) is 11.3. The lowest BCUT2D eigenvalue weighted by Crippen LogP contribution is -2.07. The van der Waals surface area contributed by atoms with E-state index in [-0.39, 0.29) is 5.95 Å². The summed E-state index contributed by atoms with van der Waals surface area (Å²) in [5.74, 6) is 1.02. The lowest BCUT2D eigenvalue weighted by atomic mass is 10.2. The molecule has 6 heteroatoms. The first-order valence-electron chi connectivity index (χ1n) is 6.18. The lowest BCUT2D eigenvalue weighted by molar-refractivity contribution is 1.06. The van der Waals surface area contributed by atoms with Gasteiger partial charge in [-0.1, -0.05) is 36.8 Å². The van der Waals surface area contributed by atoms with E-state index in [0.717, 1.165) is 11.3 Å². The van der Waals surface area contributed by atoms with Crippen LogP contribution in [0.4, 0.5) is 11.9 Å². The molecular weight excluding hydrogens is 264 g/mol. The quantitative estimate of drug-likeness (QED) is 0.660. The van der Waals surface area contributed by atoms with E-state index < -0.39 is 0 Å². The number of aliphatic imine (C=N–C) groups is 1. The van der Waals surface area contributed by atoms with Gasteiger partial charge in [-0.05, 0) is 13.0 Å². The molecule has 0 radical (unpaired) electrons. The Hall–Kier alpha value is -3.20. The summed E-state index contributed by atoms with van der Waals surface area (Å²) in [5.41, 5.74) is 7.36. The molecular formula is C15H14N6. The number of anilines is 2. The minimum Gasteiger partial charge on any atom is -0.368 e. The highest BCUT2D eigenvalue weighted by Crippen LogP contribution is 2.16. The van der Waals surface area contributed by atoms with E-state index in [4.69, 9.17) is 12.2 Å². The average molecular weight is 278 g/mol. The summed E-state index contributed by atoms with van der Waals surface area (Å²) in [6.07, 6.45) is 8.24. The second-order valence-electron chi connectivity index (χ2n) is 4.09. The predicted molar refractivity (Wildman–Crippen MR) is 84.4 cm³/mol. The molecule has 0 bridgehead atoms. The van der Waals surface area contributed by atoms with Crippen molar-refractivity contribution in [2.75, 3.05) is 11.1 Å². The van der Waals surface area contributed by atoms with Crippen LogP contribution in [0.2, 0.25) is 0 Å². The Morgan fingerprint density at radius 1 is 1.29 bits per heavy atom. The topological polar surface area (TPSA) is 89.1 Å². The van der Waals surface area contributed by atoms with E-state index in [0.29, 0.717) is 11.8 Å². The summed E-state index contributed by atoms with van der Waals surface area (Å²) >= 11 is 0. The van der Waals surface area contributed by atoms with Gasteiger partial charge in [0.05, 0.1) is 0 Å². The Morgan fingerprint density at radius 2 is 2.05 bits per heavy atom. The van der Waals surface area contributed by atoms with Crippen molar-refractivity contribution in [2.45, 2.75) is 6.92 Å². The molecule has 21 heavy (non-hydrogen) atoms. The first-order valence-corrected chi connectivity index (χ1v) is 6.18. The molecule has 2 aromatic rings. The number of nitrogen functional groups attached to an aromatic ring is 1. The maximum absolute atomic E-state index is 5.72. The zero-order valence-corrected chi connectivity index (χ0v) is 11.5. The summed E-state index contributed by atoms with van der Waals surface area (Å²) in [7, 11) is 0. The van der Waals surface area contributed by atoms with Gasteiger partial charge in [0.1, 0.15) is 0 Å². The zero-order valence-electron chi connectivity index (χ0n) is 11.5. The third-order valence-electron chi connectivity index (χ3n) is 2.47. The number of rotatable bonds is 4. The highest BCUT2D eigenvalue weighted by Gasteiger charge is 2.06. The molecule has 2 rings (SSSR count). The molecule has 0 unspecified atom stereocenters. The molecule has 104 valence electrons. The summed E-state index contributed by atoms with van der Waals surface area (Å²) in [6, 6.07) is 11.7. The molecule has 0 aliphatic carbocycles. The van der Waals surface area contributed by atoms with Crippen molar-refractivity contribution in [1.29, 1.82) is 0 Å². The van der Waals surface area contributed by atoms with Crippen LogP contribution >= 0.6 is 0 Å². The standard InChI is InChI=1S/C15H14N6/c1-3-17-10-9-11(2)18-15-20-13(19-14(16)21-15)12-7-5-4-6-8-12/h1,4-10H,2H3,(H3,16,18,19,20,21)/b11-9+,17-10?. The molecule has 0 fully saturated rings. The SMILES string of the molecule is C#CN=C/C=C(\C)Nc1nc(N)nc(-c2ccccc2)n1. The fourth-order valence-corrected chi connectivity index (χ4v) is 1.57. The Balaban J connectivity index is 2.26. The van der Waals surface area contributed by atoms with Crippen molar-refractivity contribution in [2.24, 2.45) is 4.99 Å². The van der Waals surface area contributed by atoms with Crippen LogP contribution in [0.5, 0.6) is 0 Å². The van der Waals surface area contributed by atoms with Gasteiger partial charge in [-0.3, -0.25) is 0 Å².